The predicted molar refractivity (Wildman–Crippen MR) is 123 cm³/mol. The van der Waals surface area contributed by atoms with E-state index in [9.17, 15) is 0 Å². The molecule has 1 fully saturated rings. The van der Waals surface area contributed by atoms with Crippen LogP contribution >= 0.6 is 24.0 Å². The summed E-state index contributed by atoms with van der Waals surface area (Å²) in [4.78, 5) is 6.78. The van der Waals surface area contributed by atoms with Crippen LogP contribution in [0.4, 0.5) is 0 Å². The highest BCUT2D eigenvalue weighted by molar-refractivity contribution is 14.0. The highest BCUT2D eigenvalue weighted by Gasteiger charge is 2.19. The molecule has 0 bridgehead atoms. The molecule has 152 valence electrons. The summed E-state index contributed by atoms with van der Waals surface area (Å²) >= 11 is 0. The highest BCUT2D eigenvalue weighted by Crippen LogP contribution is 2.27. The molecule has 2 N–H and O–H groups in total. The van der Waals surface area contributed by atoms with E-state index in [1.807, 2.05) is 38.2 Å². The van der Waals surface area contributed by atoms with Crippen LogP contribution in [0.3, 0.4) is 0 Å². The number of benzene rings is 1. The van der Waals surface area contributed by atoms with Gasteiger partial charge in [0.25, 0.3) is 0 Å². The van der Waals surface area contributed by atoms with Crippen LogP contribution in [0.1, 0.15) is 25.3 Å². The van der Waals surface area contributed by atoms with Crippen molar-refractivity contribution in [1.29, 1.82) is 0 Å². The number of ether oxygens (including phenoxy) is 2. The first-order chi connectivity index (χ1) is 12.7. The van der Waals surface area contributed by atoms with Crippen LogP contribution in [0.25, 0.3) is 0 Å². The number of hydrogen-bond donors (Lipinski definition) is 2. The van der Waals surface area contributed by atoms with Crippen LogP contribution in [-0.4, -0.2) is 57.3 Å². The van der Waals surface area contributed by atoms with Crippen LogP contribution < -0.4 is 20.1 Å². The fourth-order valence-electron chi connectivity index (χ4n) is 3.12. The number of methoxy groups -OCH3 is 1. The van der Waals surface area contributed by atoms with Gasteiger partial charge in [0.2, 0.25) is 0 Å². The minimum absolute atomic E-state index is 0. The molecule has 0 saturated carbocycles. The molecule has 0 radical (unpaired) electrons. The molecule has 1 aliphatic heterocycles. The normalized spacial score (nSPS) is 15.6. The van der Waals surface area contributed by atoms with E-state index < -0.39 is 0 Å². The minimum Gasteiger partial charge on any atom is -0.493 e. The highest BCUT2D eigenvalue weighted by atomic mass is 127. The summed E-state index contributed by atoms with van der Waals surface area (Å²) in [6, 6.07) is 6.44. The van der Waals surface area contributed by atoms with Crippen molar-refractivity contribution in [2.45, 2.75) is 32.4 Å². The van der Waals surface area contributed by atoms with Gasteiger partial charge in [-0.15, -0.1) is 30.6 Å². The summed E-state index contributed by atoms with van der Waals surface area (Å²) in [6.07, 6.45) is 4.21. The molecule has 1 aliphatic rings. The third kappa shape index (κ3) is 7.57. The average Bonchev–Trinajstić information content (AvgIpc) is 2.67. The Balaban J connectivity index is 0.00000364. The van der Waals surface area contributed by atoms with Gasteiger partial charge < -0.3 is 20.1 Å². The number of nitrogens with zero attached hydrogens (tertiary/aromatic N) is 2. The summed E-state index contributed by atoms with van der Waals surface area (Å²) in [7, 11) is 3.46. The van der Waals surface area contributed by atoms with E-state index in [1.54, 1.807) is 7.11 Å². The molecule has 0 atom stereocenters. The number of rotatable bonds is 8. The van der Waals surface area contributed by atoms with Crippen LogP contribution in [-0.2, 0) is 6.54 Å². The quantitative estimate of drug-likeness (QED) is 0.255. The molecule has 1 aromatic carbocycles. The fourth-order valence-corrected chi connectivity index (χ4v) is 3.12. The Morgan fingerprint density at radius 2 is 2.07 bits per heavy atom. The van der Waals surface area contributed by atoms with Crippen molar-refractivity contribution in [1.82, 2.24) is 15.5 Å². The second-order valence-corrected chi connectivity index (χ2v) is 6.35. The van der Waals surface area contributed by atoms with E-state index in [0.29, 0.717) is 19.2 Å². The van der Waals surface area contributed by atoms with Crippen molar-refractivity contribution in [3.63, 3.8) is 0 Å². The number of piperidine rings is 1. The van der Waals surface area contributed by atoms with Crippen LogP contribution in [0.5, 0.6) is 11.5 Å². The van der Waals surface area contributed by atoms with Gasteiger partial charge in [0.15, 0.2) is 17.5 Å². The van der Waals surface area contributed by atoms with Crippen LogP contribution in [0, 0.1) is 0 Å². The molecule has 0 aliphatic carbocycles. The van der Waals surface area contributed by atoms with Crippen molar-refractivity contribution in [3.8, 4) is 11.5 Å². The van der Waals surface area contributed by atoms with Crippen LogP contribution in [0.2, 0.25) is 0 Å². The zero-order valence-electron chi connectivity index (χ0n) is 16.7. The average molecular weight is 488 g/mol. The summed E-state index contributed by atoms with van der Waals surface area (Å²) in [5, 5.41) is 6.92. The Morgan fingerprint density at radius 1 is 1.33 bits per heavy atom. The first-order valence-corrected chi connectivity index (χ1v) is 9.30. The van der Waals surface area contributed by atoms with Gasteiger partial charge in [-0.25, -0.2) is 0 Å². The number of likely N-dealkylation sites (tertiary alicyclic amines) is 1. The van der Waals surface area contributed by atoms with Gasteiger partial charge in [0.05, 0.1) is 13.7 Å². The number of guanidine groups is 1. The van der Waals surface area contributed by atoms with Crippen molar-refractivity contribution in [3.05, 3.63) is 36.4 Å². The molecule has 27 heavy (non-hydrogen) atoms. The van der Waals surface area contributed by atoms with Crippen molar-refractivity contribution in [2.75, 3.05) is 40.4 Å². The van der Waals surface area contributed by atoms with Gasteiger partial charge in [-0.2, -0.15) is 0 Å². The van der Waals surface area contributed by atoms with Gasteiger partial charge >= 0.3 is 0 Å². The van der Waals surface area contributed by atoms with Gasteiger partial charge in [-0.05, 0) is 37.5 Å². The molecule has 2 rings (SSSR count). The number of aliphatic imine (C=N–C) groups is 1. The van der Waals surface area contributed by atoms with Gasteiger partial charge in [-0.3, -0.25) is 9.89 Å². The zero-order valence-corrected chi connectivity index (χ0v) is 19.0. The molecule has 1 aromatic rings. The summed E-state index contributed by atoms with van der Waals surface area (Å²) in [5.74, 6) is 2.36. The zero-order chi connectivity index (χ0) is 18.8. The van der Waals surface area contributed by atoms with E-state index in [2.05, 4.69) is 27.1 Å². The molecular formula is C20H33IN4O2. The first-order valence-electron chi connectivity index (χ1n) is 9.30. The maximum Gasteiger partial charge on any atom is 0.191 e. The Labute approximate surface area is 180 Å². The molecule has 1 saturated heterocycles. The lowest BCUT2D eigenvalue weighted by atomic mass is 10.1. The lowest BCUT2D eigenvalue weighted by Gasteiger charge is -2.32. The lowest BCUT2D eigenvalue weighted by Crippen LogP contribution is -2.48. The summed E-state index contributed by atoms with van der Waals surface area (Å²) < 4.78 is 11.0. The molecule has 0 spiro atoms. The largest absolute Gasteiger partial charge is 0.493 e. The van der Waals surface area contributed by atoms with Crippen LogP contribution in [0.15, 0.2) is 35.8 Å². The standard InChI is InChI=1S/C20H32N4O2.HI/c1-5-11-24-12-9-17(10-13-24)23-20(21-3)22-15-16-7-8-18(25-4)19(14-16)26-6-2;/h5,7-8,14,17H,1,6,9-13,15H2,2-4H3,(H2,21,22,23);1H. The molecular weight excluding hydrogens is 455 g/mol. The minimum atomic E-state index is 0. The SMILES string of the molecule is C=CCN1CCC(NC(=NC)NCc2ccc(OC)c(OCC)c2)CC1.I. The summed E-state index contributed by atoms with van der Waals surface area (Å²) in [5.41, 5.74) is 1.12. The Hall–Kier alpha value is -1.48. The van der Waals surface area contributed by atoms with Crippen molar-refractivity contribution >= 4 is 29.9 Å². The predicted octanol–water partition coefficient (Wildman–Crippen LogP) is 3.03. The van der Waals surface area contributed by atoms with Crippen molar-refractivity contribution < 1.29 is 9.47 Å². The van der Waals surface area contributed by atoms with E-state index >= 15 is 0 Å². The molecule has 0 aromatic heterocycles. The van der Waals surface area contributed by atoms with Gasteiger partial charge in [-0.1, -0.05) is 12.1 Å². The fraction of sp³-hybridized carbons (Fsp3) is 0.550. The first kappa shape index (κ1) is 23.6. The monoisotopic (exact) mass is 488 g/mol. The van der Waals surface area contributed by atoms with Gasteiger partial charge in [0, 0.05) is 39.3 Å². The maximum atomic E-state index is 5.64. The molecule has 1 heterocycles. The van der Waals surface area contributed by atoms with E-state index in [-0.39, 0.29) is 24.0 Å². The number of hydrogen-bond acceptors (Lipinski definition) is 4. The molecule has 7 heteroatoms. The molecule has 0 unspecified atom stereocenters. The third-order valence-electron chi connectivity index (χ3n) is 4.53. The van der Waals surface area contributed by atoms with Crippen molar-refractivity contribution in [2.24, 2.45) is 4.99 Å². The number of halogens is 1. The number of nitrogens with one attached hydrogen (secondary N) is 2. The Bertz CT molecular complexity index is 602. The maximum absolute atomic E-state index is 5.64. The molecule has 0 amide bonds. The summed E-state index contributed by atoms with van der Waals surface area (Å²) in [6.45, 7) is 10.2. The molecule has 6 nitrogen and oxygen atoms in total. The lowest BCUT2D eigenvalue weighted by molar-refractivity contribution is 0.225. The third-order valence-corrected chi connectivity index (χ3v) is 4.53. The Kier molecular flexibility index (Phi) is 11.2. The van der Waals surface area contributed by atoms with E-state index in [1.165, 1.54) is 0 Å². The second-order valence-electron chi connectivity index (χ2n) is 6.35. The smallest absolute Gasteiger partial charge is 0.191 e. The topological polar surface area (TPSA) is 58.1 Å². The van der Waals surface area contributed by atoms with E-state index in [0.717, 1.165) is 55.5 Å². The van der Waals surface area contributed by atoms with E-state index in [4.69, 9.17) is 9.47 Å². The van der Waals surface area contributed by atoms with Gasteiger partial charge in [0.1, 0.15) is 0 Å². The Morgan fingerprint density at radius 3 is 2.67 bits per heavy atom. The second kappa shape index (κ2) is 12.8.